The highest BCUT2D eigenvalue weighted by Crippen LogP contribution is 2.19. The van der Waals surface area contributed by atoms with Crippen molar-refractivity contribution in [3.05, 3.63) is 71.9 Å². The number of nitrogens with one attached hydrogen (secondary N) is 4. The summed E-state index contributed by atoms with van der Waals surface area (Å²) in [6.45, 7) is 0.411. The zero-order chi connectivity index (χ0) is 29.8. The molecule has 3 amide bonds. The fourth-order valence-electron chi connectivity index (χ4n) is 4.46. The number of nitrogens with two attached hydrogens (primary N) is 2. The summed E-state index contributed by atoms with van der Waals surface area (Å²) in [5.74, 6) is -3.11. The highest BCUT2D eigenvalue weighted by Gasteiger charge is 2.30. The summed E-state index contributed by atoms with van der Waals surface area (Å²) in [4.78, 5) is 54.3. The van der Waals surface area contributed by atoms with Crippen LogP contribution in [0.4, 0.5) is 0 Å². The third kappa shape index (κ3) is 9.34. The van der Waals surface area contributed by atoms with Crippen LogP contribution in [0.3, 0.4) is 0 Å². The lowest BCUT2D eigenvalue weighted by Gasteiger charge is -2.24. The molecule has 0 spiro atoms. The van der Waals surface area contributed by atoms with Crippen LogP contribution in [0.1, 0.15) is 30.4 Å². The number of aromatic amines is 1. The van der Waals surface area contributed by atoms with Crippen LogP contribution in [0.25, 0.3) is 10.9 Å². The number of aromatic nitrogens is 1. The number of benzene rings is 2. The molecule has 4 atom stereocenters. The molecule has 0 radical (unpaired) electrons. The second-order valence-corrected chi connectivity index (χ2v) is 10.2. The average molecular weight is 583 g/mol. The molecule has 0 saturated heterocycles. The molecule has 0 aliphatic carbocycles. The van der Waals surface area contributed by atoms with Crippen LogP contribution in [0, 0.1) is 0 Å². The summed E-state index contributed by atoms with van der Waals surface area (Å²) in [6.07, 6.45) is 3.50. The van der Waals surface area contributed by atoms with Gasteiger partial charge in [-0.1, -0.05) is 48.5 Å². The first-order chi connectivity index (χ1) is 19.7. The van der Waals surface area contributed by atoms with E-state index in [1.165, 1.54) is 0 Å². The van der Waals surface area contributed by atoms with Gasteiger partial charge in [0.05, 0.1) is 6.04 Å². The van der Waals surface area contributed by atoms with Crippen LogP contribution < -0.4 is 27.4 Å². The molecular weight excluding hydrogens is 544 g/mol. The maximum absolute atomic E-state index is 13.5. The van der Waals surface area contributed by atoms with Gasteiger partial charge in [-0.15, -0.1) is 0 Å². The van der Waals surface area contributed by atoms with Crippen LogP contribution >= 0.6 is 12.6 Å². The highest BCUT2D eigenvalue weighted by molar-refractivity contribution is 7.80. The molecule has 0 saturated carbocycles. The smallest absolute Gasteiger partial charge is 0.326 e. The van der Waals surface area contributed by atoms with Crippen LogP contribution in [0.2, 0.25) is 0 Å². The van der Waals surface area contributed by atoms with Crippen molar-refractivity contribution >= 4 is 47.2 Å². The standard InChI is InChI=1S/C29H38N6O5S/c30-13-7-6-12-23(29(39)40)33-28(38)25(17-41)35-27(37)24(15-19-16-32-22-11-5-4-10-20(19)22)34-26(36)21(31)14-18-8-2-1-3-9-18/h1-5,8-11,16,21,23-25,32,41H,6-7,12-15,17,30-31H2,(H,33,38)(H,34,36)(H,35,37)(H,39,40). The van der Waals surface area contributed by atoms with Gasteiger partial charge in [-0.3, -0.25) is 14.4 Å². The van der Waals surface area contributed by atoms with Crippen molar-refractivity contribution in [2.75, 3.05) is 12.3 Å². The Bertz CT molecular complexity index is 1320. The molecule has 0 fully saturated rings. The van der Waals surface area contributed by atoms with Crippen LogP contribution in [0.15, 0.2) is 60.8 Å². The summed E-state index contributed by atoms with van der Waals surface area (Å²) >= 11 is 4.20. The van der Waals surface area contributed by atoms with Gasteiger partial charge in [0.15, 0.2) is 0 Å². The first-order valence-corrected chi connectivity index (χ1v) is 14.2. The van der Waals surface area contributed by atoms with Crippen molar-refractivity contribution in [1.29, 1.82) is 0 Å². The zero-order valence-electron chi connectivity index (χ0n) is 22.7. The van der Waals surface area contributed by atoms with Gasteiger partial charge in [-0.05, 0) is 49.4 Å². The van der Waals surface area contributed by atoms with E-state index in [-0.39, 0.29) is 25.0 Å². The normalized spacial score (nSPS) is 14.0. The Morgan fingerprint density at radius 2 is 1.46 bits per heavy atom. The number of unbranched alkanes of at least 4 members (excludes halogenated alkanes) is 1. The van der Waals surface area contributed by atoms with E-state index < -0.39 is 47.9 Å². The Hall–Kier alpha value is -3.87. The minimum absolute atomic E-state index is 0.0893. The monoisotopic (exact) mass is 582 g/mol. The zero-order valence-corrected chi connectivity index (χ0v) is 23.6. The van der Waals surface area contributed by atoms with E-state index in [9.17, 15) is 24.3 Å². The quantitative estimate of drug-likeness (QED) is 0.0907. The van der Waals surface area contributed by atoms with Crippen molar-refractivity contribution in [1.82, 2.24) is 20.9 Å². The number of carboxylic acids is 1. The molecule has 4 unspecified atom stereocenters. The van der Waals surface area contributed by atoms with E-state index in [1.54, 1.807) is 6.20 Å². The van der Waals surface area contributed by atoms with Crippen molar-refractivity contribution in [3.63, 3.8) is 0 Å². The van der Waals surface area contributed by atoms with E-state index in [0.29, 0.717) is 19.4 Å². The molecule has 3 aromatic rings. The van der Waals surface area contributed by atoms with Crippen LogP contribution in [-0.2, 0) is 32.0 Å². The fraction of sp³-hybridized carbons (Fsp3) is 0.379. The van der Waals surface area contributed by atoms with E-state index in [1.807, 2.05) is 54.6 Å². The molecule has 220 valence electrons. The number of carboxylic acid groups (broad SMARTS) is 1. The first-order valence-electron chi connectivity index (χ1n) is 13.5. The summed E-state index contributed by atoms with van der Waals surface area (Å²) in [7, 11) is 0. The van der Waals surface area contributed by atoms with Gasteiger partial charge < -0.3 is 37.5 Å². The number of aliphatic carboxylic acids is 1. The van der Waals surface area contributed by atoms with Gasteiger partial charge in [0.1, 0.15) is 18.1 Å². The molecule has 9 N–H and O–H groups in total. The number of para-hydroxylation sites is 1. The number of fused-ring (bicyclic) bond motifs is 1. The molecule has 0 bridgehead atoms. The van der Waals surface area contributed by atoms with Gasteiger partial charge in [0.2, 0.25) is 17.7 Å². The number of rotatable bonds is 16. The minimum atomic E-state index is -1.18. The Morgan fingerprint density at radius 3 is 2.15 bits per heavy atom. The lowest BCUT2D eigenvalue weighted by Crippen LogP contribution is -2.58. The number of amides is 3. The van der Waals surface area contributed by atoms with Crippen molar-refractivity contribution in [2.24, 2.45) is 11.5 Å². The number of hydrogen-bond donors (Lipinski definition) is 8. The van der Waals surface area contributed by atoms with Gasteiger partial charge >= 0.3 is 5.97 Å². The third-order valence-corrected chi connectivity index (χ3v) is 7.11. The molecule has 11 nitrogen and oxygen atoms in total. The molecule has 2 aromatic carbocycles. The molecule has 1 heterocycles. The summed E-state index contributed by atoms with van der Waals surface area (Å²) < 4.78 is 0. The Kier molecular flexibility index (Phi) is 12.2. The predicted molar refractivity (Wildman–Crippen MR) is 160 cm³/mol. The molecule has 0 aliphatic heterocycles. The second kappa shape index (κ2) is 15.8. The fourth-order valence-corrected chi connectivity index (χ4v) is 4.72. The topological polar surface area (TPSA) is 192 Å². The van der Waals surface area contributed by atoms with Crippen molar-refractivity contribution in [3.8, 4) is 0 Å². The predicted octanol–water partition coefficient (Wildman–Crippen LogP) is 0.878. The van der Waals surface area contributed by atoms with Crippen LogP contribution in [-0.4, -0.2) is 70.2 Å². The Morgan fingerprint density at radius 1 is 0.829 bits per heavy atom. The maximum atomic E-state index is 13.5. The Balaban J connectivity index is 1.75. The average Bonchev–Trinajstić information content (AvgIpc) is 3.37. The molecule has 41 heavy (non-hydrogen) atoms. The van der Waals surface area contributed by atoms with Crippen molar-refractivity contribution < 1.29 is 24.3 Å². The third-order valence-electron chi connectivity index (χ3n) is 6.74. The maximum Gasteiger partial charge on any atom is 0.326 e. The number of H-pyrrole nitrogens is 1. The lowest BCUT2D eigenvalue weighted by atomic mass is 10.0. The number of carbonyl (C=O) groups excluding carboxylic acids is 3. The second-order valence-electron chi connectivity index (χ2n) is 9.85. The van der Waals surface area contributed by atoms with E-state index in [2.05, 4.69) is 33.6 Å². The van der Waals surface area contributed by atoms with Gasteiger partial charge in [-0.2, -0.15) is 12.6 Å². The molecule has 3 rings (SSSR count). The minimum Gasteiger partial charge on any atom is -0.480 e. The molecular formula is C29H38N6O5S. The van der Waals surface area contributed by atoms with E-state index in [0.717, 1.165) is 22.0 Å². The van der Waals surface area contributed by atoms with Crippen molar-refractivity contribution in [2.45, 2.75) is 56.3 Å². The highest BCUT2D eigenvalue weighted by atomic mass is 32.1. The van der Waals surface area contributed by atoms with E-state index in [4.69, 9.17) is 11.5 Å². The van der Waals surface area contributed by atoms with Gasteiger partial charge in [0.25, 0.3) is 0 Å². The summed E-state index contributed by atoms with van der Waals surface area (Å²) in [6, 6.07) is 12.6. The summed E-state index contributed by atoms with van der Waals surface area (Å²) in [5.41, 5.74) is 14.2. The number of hydrogen-bond acceptors (Lipinski definition) is 7. The molecule has 0 aliphatic rings. The Labute approximate surface area is 244 Å². The lowest BCUT2D eigenvalue weighted by molar-refractivity contribution is -0.142. The first kappa shape index (κ1) is 31.7. The molecule has 1 aromatic heterocycles. The van der Waals surface area contributed by atoms with Crippen LogP contribution in [0.5, 0.6) is 0 Å². The SMILES string of the molecule is NCCCCC(NC(=O)C(CS)NC(=O)C(Cc1c[nH]c2ccccc12)NC(=O)C(N)Cc1ccccc1)C(=O)O. The molecule has 12 heteroatoms. The number of carbonyl (C=O) groups is 4. The van der Waals surface area contributed by atoms with Gasteiger partial charge in [0, 0.05) is 29.3 Å². The van der Waals surface area contributed by atoms with E-state index >= 15 is 0 Å². The largest absolute Gasteiger partial charge is 0.480 e. The summed E-state index contributed by atoms with van der Waals surface area (Å²) in [5, 5.41) is 18.3. The number of thiol groups is 1. The van der Waals surface area contributed by atoms with Gasteiger partial charge in [-0.25, -0.2) is 4.79 Å².